The van der Waals surface area contributed by atoms with Crippen LogP contribution in [0.1, 0.15) is 85.8 Å². The third-order valence-corrected chi connectivity index (χ3v) is 15.1. The van der Waals surface area contributed by atoms with Crippen molar-refractivity contribution < 1.29 is 24.2 Å². The second-order valence-electron chi connectivity index (χ2n) is 17.6. The first-order chi connectivity index (χ1) is 27.7. The van der Waals surface area contributed by atoms with E-state index >= 15 is 0 Å². The van der Waals surface area contributed by atoms with E-state index in [2.05, 4.69) is 120 Å². The van der Waals surface area contributed by atoms with Crippen molar-refractivity contribution in [3.05, 3.63) is 189 Å². The van der Waals surface area contributed by atoms with Gasteiger partial charge in [0.15, 0.2) is 0 Å². The van der Waals surface area contributed by atoms with E-state index in [9.17, 15) is 0 Å². The molecule has 0 nitrogen and oxygen atoms in total. The molecule has 1 saturated carbocycles. The fourth-order valence-electron chi connectivity index (χ4n) is 10.1. The molecule has 5 aliphatic rings. The first kappa shape index (κ1) is 49.8. The summed E-state index contributed by atoms with van der Waals surface area (Å²) in [5, 5.41) is 5.97. The Morgan fingerprint density at radius 3 is 1.82 bits per heavy atom. The van der Waals surface area contributed by atoms with Gasteiger partial charge in [-0.05, 0) is 50.6 Å². The molecule has 0 N–H and O–H groups in total. The fraction of sp³-hybridized carbons (Fsp3) is 0.309. The maximum absolute atomic E-state index is 5.79. The van der Waals surface area contributed by atoms with Gasteiger partial charge in [0, 0.05) is 0 Å². The molecular weight excluding hydrogens is 894 g/mol. The average molecular weight is 952 g/mol. The molecule has 2 atom stereocenters. The molecule has 0 aliphatic heterocycles. The summed E-state index contributed by atoms with van der Waals surface area (Å²) in [6, 6.07) is 38.8. The summed E-state index contributed by atoms with van der Waals surface area (Å²) in [5.74, 6) is 2.24. The molecule has 10 rings (SSSR count). The Morgan fingerprint density at radius 2 is 1.28 bits per heavy atom. The summed E-state index contributed by atoms with van der Waals surface area (Å²) in [5.41, 5.74) is 10.3. The Balaban J connectivity index is 0.000000209. The van der Waals surface area contributed by atoms with Gasteiger partial charge in [0.05, 0.1) is 0 Å². The summed E-state index contributed by atoms with van der Waals surface area (Å²) in [6.45, 7) is 20.3. The topological polar surface area (TPSA) is 0 Å². The monoisotopic (exact) mass is 948 g/mol. The first-order valence-corrected chi connectivity index (χ1v) is 23.0. The van der Waals surface area contributed by atoms with Crippen LogP contribution in [-0.4, -0.2) is 4.21 Å². The van der Waals surface area contributed by atoms with Crippen LogP contribution < -0.4 is 0 Å². The molecule has 60 heavy (non-hydrogen) atoms. The van der Waals surface area contributed by atoms with Gasteiger partial charge in [-0.2, -0.15) is 17.2 Å². The Morgan fingerprint density at radius 1 is 0.733 bits per heavy atom. The second-order valence-corrected chi connectivity index (χ2v) is 18.4. The molecule has 0 aromatic heterocycles. The van der Waals surface area contributed by atoms with Crippen molar-refractivity contribution >= 4 is 79.3 Å². The van der Waals surface area contributed by atoms with Gasteiger partial charge < -0.3 is 0 Å². The van der Waals surface area contributed by atoms with E-state index in [-0.39, 0.29) is 46.5 Å². The molecule has 5 aliphatic carbocycles. The zero-order valence-corrected chi connectivity index (χ0v) is 41.9. The quantitative estimate of drug-likeness (QED) is 0.136. The number of hydrogen-bond donors (Lipinski definition) is 0. The fourth-order valence-corrected chi connectivity index (χ4v) is 10.4. The van der Waals surface area contributed by atoms with Gasteiger partial charge in [-0.25, -0.2) is 18.1 Å². The maximum atomic E-state index is 5.79. The van der Waals surface area contributed by atoms with Gasteiger partial charge in [0.2, 0.25) is 0 Å². The van der Waals surface area contributed by atoms with E-state index in [4.69, 9.17) is 23.2 Å². The number of benzene rings is 5. The zero-order chi connectivity index (χ0) is 41.9. The molecule has 0 radical (unpaired) electrons. The molecule has 0 bridgehead atoms. The van der Waals surface area contributed by atoms with E-state index in [0.29, 0.717) is 5.92 Å². The average Bonchev–Trinajstić information content (AvgIpc) is 3.94. The van der Waals surface area contributed by atoms with Crippen molar-refractivity contribution in [2.24, 2.45) is 27.6 Å². The Hall–Kier alpha value is -2.90. The standard InChI is InChI=1S/C29H37.2C10H6Cl.C5H5.CH2.2ClH.Zr/c1-18-25-22-17-19-13-9-10-14-20(19)24(22)21-15-11-12-16-23(21)29(25,8)28(6,7)27(4,5)26(18,2)3;2*11-10-6-5-8-3-1-2-4-9(8)7-10;1-2-4-5-3-1;;;;/h9-11,13-15,23H,12,16-17H2,1-8H3;2*1-4,6-7H;1-3H,4H2;1H2;2*1H;/q4*-1;;;;. The molecule has 5 aromatic rings. The van der Waals surface area contributed by atoms with Crippen LogP contribution in [0.2, 0.25) is 10.0 Å². The normalized spacial score (nSPS) is 21.4. The minimum atomic E-state index is 0. The molecule has 0 heterocycles. The third kappa shape index (κ3) is 9.10. The SMILES string of the molecule is C[C-]1C2=C3Cc4ccccc4C3=C3C=CCCC3C2(C)C(C)(C)C(C)(C)C1(C)C.Cl.Cl.Clc1c[c-]c2ccccc2c1.Clc1c[c-]c2ccccc2c1.[C-]1=CC=CC1.[CH2]=[Zr]. The van der Waals surface area contributed by atoms with E-state index in [1.807, 2.05) is 72.8 Å². The van der Waals surface area contributed by atoms with Crippen molar-refractivity contribution in [2.75, 3.05) is 0 Å². The van der Waals surface area contributed by atoms with Gasteiger partial charge in [-0.1, -0.05) is 138 Å². The molecule has 1 fully saturated rings. The number of fused-ring (bicyclic) bond motifs is 8. The van der Waals surface area contributed by atoms with E-state index in [0.717, 1.165) is 44.4 Å². The molecule has 2 unspecified atom stereocenters. The van der Waals surface area contributed by atoms with E-state index in [1.54, 1.807) is 40.3 Å². The summed E-state index contributed by atoms with van der Waals surface area (Å²) >= 11 is 12.9. The first-order valence-electron chi connectivity index (χ1n) is 20.5. The Labute approximate surface area is 398 Å². The predicted octanol–water partition coefficient (Wildman–Crippen LogP) is 16.7. The van der Waals surface area contributed by atoms with Crippen molar-refractivity contribution in [1.29, 1.82) is 0 Å². The molecule has 314 valence electrons. The Kier molecular flexibility index (Phi) is 17.0. The van der Waals surface area contributed by atoms with E-state index in [1.165, 1.54) is 48.2 Å². The Bertz CT molecular complexity index is 2360. The van der Waals surface area contributed by atoms with Gasteiger partial charge in [0.1, 0.15) is 0 Å². The molecule has 0 spiro atoms. The zero-order valence-electron chi connectivity index (χ0n) is 36.3. The molecule has 0 saturated heterocycles. The molecular formula is C55H58Cl4Zr-4. The van der Waals surface area contributed by atoms with Crippen molar-refractivity contribution in [3.8, 4) is 0 Å². The van der Waals surface area contributed by atoms with Crippen molar-refractivity contribution in [3.63, 3.8) is 0 Å². The van der Waals surface area contributed by atoms with Crippen LogP contribution in [0.3, 0.4) is 0 Å². The van der Waals surface area contributed by atoms with E-state index < -0.39 is 0 Å². The van der Waals surface area contributed by atoms with Gasteiger partial charge in [0.25, 0.3) is 0 Å². The molecule has 5 aromatic carbocycles. The summed E-state index contributed by atoms with van der Waals surface area (Å²) in [7, 11) is 0. The minimum absolute atomic E-state index is 0. The predicted molar refractivity (Wildman–Crippen MR) is 263 cm³/mol. The summed E-state index contributed by atoms with van der Waals surface area (Å²) < 4.78 is 3.34. The van der Waals surface area contributed by atoms with Crippen LogP contribution in [0.25, 0.3) is 27.1 Å². The van der Waals surface area contributed by atoms with Crippen LogP contribution in [0.15, 0.2) is 144 Å². The second kappa shape index (κ2) is 20.5. The van der Waals surface area contributed by atoms with Crippen molar-refractivity contribution in [1.82, 2.24) is 0 Å². The van der Waals surface area contributed by atoms with Gasteiger partial charge in [-0.15, -0.1) is 144 Å². The summed E-state index contributed by atoms with van der Waals surface area (Å²) in [6.07, 6.45) is 18.5. The molecule has 5 heteroatoms. The molecule has 0 amide bonds. The van der Waals surface area contributed by atoms with Gasteiger partial charge >= 0.3 is 28.4 Å². The number of rotatable bonds is 0. The summed E-state index contributed by atoms with van der Waals surface area (Å²) in [4.78, 5) is 0. The number of allylic oxidation sites excluding steroid dienone is 10. The number of halogens is 4. The van der Waals surface area contributed by atoms with Crippen LogP contribution >= 0.6 is 48.0 Å². The van der Waals surface area contributed by atoms with Crippen LogP contribution in [0.4, 0.5) is 0 Å². The van der Waals surface area contributed by atoms with Gasteiger partial charge in [-0.3, -0.25) is 6.08 Å². The van der Waals surface area contributed by atoms with Crippen LogP contribution in [0.5, 0.6) is 0 Å². The third-order valence-electron chi connectivity index (χ3n) is 14.6. The van der Waals surface area contributed by atoms with Crippen molar-refractivity contribution in [2.45, 2.75) is 81.1 Å². The van der Waals surface area contributed by atoms with Crippen LogP contribution in [0, 0.1) is 51.7 Å². The number of hydrogen-bond acceptors (Lipinski definition) is 0. The van der Waals surface area contributed by atoms with Crippen LogP contribution in [-0.2, 0) is 30.7 Å².